The Balaban J connectivity index is 2.38. The molecule has 0 saturated carbocycles. The van der Waals surface area contributed by atoms with Gasteiger partial charge in [-0.05, 0) is 19.8 Å². The van der Waals surface area contributed by atoms with Crippen molar-refractivity contribution in [2.75, 3.05) is 13.1 Å². The summed E-state index contributed by atoms with van der Waals surface area (Å²) in [6.45, 7) is 2.55. The summed E-state index contributed by atoms with van der Waals surface area (Å²) < 4.78 is 35.8. The van der Waals surface area contributed by atoms with Crippen LogP contribution < -0.4 is 10.7 Å². The molecule has 2 N–H and O–H groups in total. The van der Waals surface area contributed by atoms with Crippen LogP contribution in [0.25, 0.3) is 0 Å². The molecule has 98 valence electrons. The average Bonchev–Trinajstić information content (AvgIpc) is 2.68. The zero-order chi connectivity index (χ0) is 13.1. The highest BCUT2D eigenvalue weighted by Gasteiger charge is 2.40. The van der Waals surface area contributed by atoms with Gasteiger partial charge in [0.2, 0.25) is 0 Å². The third-order valence-corrected chi connectivity index (χ3v) is 2.37. The first-order valence-corrected chi connectivity index (χ1v) is 5.24. The molecule has 1 rings (SSSR count). The number of carbonyl (C=O) groups is 2. The van der Waals surface area contributed by atoms with E-state index in [1.807, 2.05) is 0 Å². The Bertz CT molecular complexity index is 300. The average molecular weight is 253 g/mol. The van der Waals surface area contributed by atoms with E-state index in [0.717, 1.165) is 12.8 Å². The Morgan fingerprint density at radius 3 is 2.24 bits per heavy atom. The number of hydrogen-bond donors (Lipinski definition) is 2. The van der Waals surface area contributed by atoms with Crippen molar-refractivity contribution in [1.82, 2.24) is 15.8 Å². The molecule has 8 heteroatoms. The lowest BCUT2D eigenvalue weighted by molar-refractivity contribution is -0.174. The Labute approximate surface area is 96.3 Å². The van der Waals surface area contributed by atoms with Crippen molar-refractivity contribution in [3.8, 4) is 0 Å². The third-order valence-electron chi connectivity index (χ3n) is 2.37. The summed E-state index contributed by atoms with van der Waals surface area (Å²) in [7, 11) is 0. The summed E-state index contributed by atoms with van der Waals surface area (Å²) in [5.41, 5.74) is 2.45. The van der Waals surface area contributed by atoms with E-state index in [1.165, 1.54) is 6.92 Å². The lowest BCUT2D eigenvalue weighted by atomic mass is 10.3. The first-order valence-electron chi connectivity index (χ1n) is 5.24. The van der Waals surface area contributed by atoms with Crippen LogP contribution in [0, 0.1) is 0 Å². The summed E-state index contributed by atoms with van der Waals surface area (Å²) in [5.74, 6) is -2.76. The van der Waals surface area contributed by atoms with Crippen LogP contribution in [-0.2, 0) is 9.59 Å². The summed E-state index contributed by atoms with van der Waals surface area (Å²) >= 11 is 0. The van der Waals surface area contributed by atoms with E-state index in [0.29, 0.717) is 13.1 Å². The van der Waals surface area contributed by atoms with Gasteiger partial charge in [-0.25, -0.2) is 5.01 Å². The fourth-order valence-electron chi connectivity index (χ4n) is 1.43. The molecule has 0 spiro atoms. The van der Waals surface area contributed by atoms with Gasteiger partial charge in [0, 0.05) is 13.1 Å². The van der Waals surface area contributed by atoms with E-state index in [4.69, 9.17) is 0 Å². The lowest BCUT2D eigenvalue weighted by Gasteiger charge is -2.20. The van der Waals surface area contributed by atoms with Crippen molar-refractivity contribution in [2.24, 2.45) is 0 Å². The maximum absolute atomic E-state index is 11.9. The third kappa shape index (κ3) is 4.22. The highest BCUT2D eigenvalue weighted by atomic mass is 19.4. The number of carbonyl (C=O) groups excluding carboxylic acids is 2. The Morgan fingerprint density at radius 1 is 1.24 bits per heavy atom. The highest BCUT2D eigenvalue weighted by molar-refractivity contribution is 5.89. The van der Waals surface area contributed by atoms with Crippen LogP contribution in [0.2, 0.25) is 0 Å². The highest BCUT2D eigenvalue weighted by Crippen LogP contribution is 2.14. The molecule has 1 saturated heterocycles. The minimum atomic E-state index is -4.97. The number of hydrogen-bond acceptors (Lipinski definition) is 3. The molecule has 0 aromatic rings. The van der Waals surface area contributed by atoms with Gasteiger partial charge in [0.15, 0.2) is 0 Å². The van der Waals surface area contributed by atoms with E-state index in [9.17, 15) is 22.8 Å². The quantitative estimate of drug-likeness (QED) is 0.754. The normalized spacial score (nSPS) is 18.8. The summed E-state index contributed by atoms with van der Waals surface area (Å²) in [5, 5.41) is 3.21. The van der Waals surface area contributed by atoms with Gasteiger partial charge < -0.3 is 5.32 Å². The van der Waals surface area contributed by atoms with Crippen LogP contribution in [-0.4, -0.2) is 42.1 Å². The van der Waals surface area contributed by atoms with Crippen molar-refractivity contribution in [3.63, 3.8) is 0 Å². The molecule has 2 amide bonds. The minimum absolute atomic E-state index is 0.649. The molecule has 0 aliphatic carbocycles. The topological polar surface area (TPSA) is 61.4 Å². The molecule has 1 aliphatic heterocycles. The molecule has 5 nitrogen and oxygen atoms in total. The monoisotopic (exact) mass is 253 g/mol. The van der Waals surface area contributed by atoms with Crippen molar-refractivity contribution in [3.05, 3.63) is 0 Å². The molecular formula is C9H14F3N3O2. The fourth-order valence-corrected chi connectivity index (χ4v) is 1.43. The summed E-state index contributed by atoms with van der Waals surface area (Å²) in [6, 6.07) is -1.22. The second-order valence-corrected chi connectivity index (χ2v) is 3.86. The van der Waals surface area contributed by atoms with Crippen molar-refractivity contribution >= 4 is 11.8 Å². The Morgan fingerprint density at radius 2 is 1.76 bits per heavy atom. The van der Waals surface area contributed by atoms with Crippen molar-refractivity contribution in [2.45, 2.75) is 32.0 Å². The Hall–Kier alpha value is -1.31. The van der Waals surface area contributed by atoms with E-state index in [2.05, 4.69) is 5.43 Å². The SMILES string of the molecule is CC(NC(=O)C(F)(F)F)C(=O)NN1CCCC1. The van der Waals surface area contributed by atoms with Crippen LogP contribution >= 0.6 is 0 Å². The Kier molecular flexibility index (Phi) is 4.33. The summed E-state index contributed by atoms with van der Waals surface area (Å²) in [6.07, 6.45) is -3.10. The first kappa shape index (κ1) is 13.8. The zero-order valence-corrected chi connectivity index (χ0v) is 9.30. The van der Waals surface area contributed by atoms with E-state index in [-0.39, 0.29) is 0 Å². The maximum atomic E-state index is 11.9. The molecule has 0 aromatic carbocycles. The molecule has 0 aromatic heterocycles. The zero-order valence-electron chi connectivity index (χ0n) is 9.30. The van der Waals surface area contributed by atoms with Crippen molar-refractivity contribution < 1.29 is 22.8 Å². The van der Waals surface area contributed by atoms with Crippen molar-refractivity contribution in [1.29, 1.82) is 0 Å². The van der Waals surface area contributed by atoms with E-state index >= 15 is 0 Å². The molecule has 1 aliphatic rings. The van der Waals surface area contributed by atoms with Gasteiger partial charge in [-0.1, -0.05) is 0 Å². The molecule has 0 bridgehead atoms. The molecule has 0 radical (unpaired) electrons. The predicted octanol–water partition coefficient (Wildman–Crippen LogP) is 0.180. The second-order valence-electron chi connectivity index (χ2n) is 3.86. The number of amides is 2. The second kappa shape index (κ2) is 5.35. The number of alkyl halides is 3. The smallest absolute Gasteiger partial charge is 0.337 e. The number of nitrogens with one attached hydrogen (secondary N) is 2. The van der Waals surface area contributed by atoms with Gasteiger partial charge in [-0.2, -0.15) is 13.2 Å². The largest absolute Gasteiger partial charge is 0.471 e. The van der Waals surface area contributed by atoms with Gasteiger partial charge in [-0.15, -0.1) is 0 Å². The van der Waals surface area contributed by atoms with Gasteiger partial charge in [0.1, 0.15) is 6.04 Å². The number of nitrogens with zero attached hydrogens (tertiary/aromatic N) is 1. The molecule has 1 unspecified atom stereocenters. The first-order chi connectivity index (χ1) is 7.80. The van der Waals surface area contributed by atoms with Crippen LogP contribution in [0.4, 0.5) is 13.2 Å². The number of rotatable bonds is 3. The predicted molar refractivity (Wildman–Crippen MR) is 52.6 cm³/mol. The summed E-state index contributed by atoms with van der Waals surface area (Å²) in [4.78, 5) is 22.0. The van der Waals surface area contributed by atoms with Gasteiger partial charge in [0.05, 0.1) is 0 Å². The number of halogens is 3. The van der Waals surface area contributed by atoms with Crippen LogP contribution in [0.15, 0.2) is 0 Å². The molecule has 1 heterocycles. The molecule has 1 fully saturated rings. The number of hydrazine groups is 1. The minimum Gasteiger partial charge on any atom is -0.337 e. The van der Waals surface area contributed by atoms with Crippen LogP contribution in [0.3, 0.4) is 0 Å². The fraction of sp³-hybridized carbons (Fsp3) is 0.778. The molecule has 17 heavy (non-hydrogen) atoms. The van der Waals surface area contributed by atoms with Gasteiger partial charge in [0.25, 0.3) is 5.91 Å². The standard InChI is InChI=1S/C9H14F3N3O2/c1-6(13-8(17)9(10,11)12)7(16)14-15-4-2-3-5-15/h6H,2-5H2,1H3,(H,13,17)(H,14,16). The van der Waals surface area contributed by atoms with Crippen LogP contribution in [0.1, 0.15) is 19.8 Å². The lowest BCUT2D eigenvalue weighted by Crippen LogP contribution is -2.52. The molecular weight excluding hydrogens is 239 g/mol. The maximum Gasteiger partial charge on any atom is 0.471 e. The van der Waals surface area contributed by atoms with Gasteiger partial charge in [-0.3, -0.25) is 15.0 Å². The van der Waals surface area contributed by atoms with Crippen LogP contribution in [0.5, 0.6) is 0 Å². The molecule has 1 atom stereocenters. The van der Waals surface area contributed by atoms with E-state index < -0.39 is 24.0 Å². The van der Waals surface area contributed by atoms with Gasteiger partial charge >= 0.3 is 12.1 Å². The van der Waals surface area contributed by atoms with E-state index in [1.54, 1.807) is 10.3 Å².